The van der Waals surface area contributed by atoms with E-state index in [0.717, 1.165) is 12.3 Å². The summed E-state index contributed by atoms with van der Waals surface area (Å²) in [7, 11) is 0. The fourth-order valence-corrected chi connectivity index (χ4v) is 4.29. The molecule has 2 aliphatic rings. The van der Waals surface area contributed by atoms with Crippen LogP contribution in [0.1, 0.15) is 50.4 Å². The standard InChI is InChI=1S/C17H24N2O2/c1-16(2)10-6-7-17(16,3)14(8-10)21-11-4-5-13(18)12(9-11)15(19)20/h4-5,9-10,14H,6-8,18H2,1-3H3,(H2,19,20). The first-order chi connectivity index (χ1) is 9.75. The molecule has 2 fully saturated rings. The van der Waals surface area contributed by atoms with Crippen LogP contribution in [0.2, 0.25) is 0 Å². The summed E-state index contributed by atoms with van der Waals surface area (Å²) in [5.74, 6) is 0.891. The number of nitrogens with two attached hydrogens (primary N) is 2. The molecular formula is C17H24N2O2. The number of amides is 1. The minimum atomic E-state index is -0.516. The molecule has 21 heavy (non-hydrogen) atoms. The number of ether oxygens (including phenoxy) is 1. The van der Waals surface area contributed by atoms with E-state index in [1.807, 2.05) is 6.07 Å². The molecule has 1 aromatic rings. The zero-order chi connectivity index (χ0) is 15.4. The van der Waals surface area contributed by atoms with Gasteiger partial charge in [0.05, 0.1) is 5.56 Å². The Hall–Kier alpha value is -1.71. The van der Waals surface area contributed by atoms with Gasteiger partial charge in [-0.25, -0.2) is 0 Å². The molecule has 0 aliphatic heterocycles. The summed E-state index contributed by atoms with van der Waals surface area (Å²) < 4.78 is 6.23. The first-order valence-corrected chi connectivity index (χ1v) is 7.61. The molecule has 1 amide bonds. The highest BCUT2D eigenvalue weighted by Crippen LogP contribution is 2.66. The van der Waals surface area contributed by atoms with Crippen LogP contribution in [0.5, 0.6) is 5.75 Å². The van der Waals surface area contributed by atoms with E-state index in [2.05, 4.69) is 20.8 Å². The second-order valence-corrected chi connectivity index (χ2v) is 7.33. The molecule has 0 aromatic heterocycles. The van der Waals surface area contributed by atoms with Crippen molar-refractivity contribution in [3.63, 3.8) is 0 Å². The number of nitrogen functional groups attached to an aromatic ring is 1. The maximum absolute atomic E-state index is 11.4. The average molecular weight is 288 g/mol. The summed E-state index contributed by atoms with van der Waals surface area (Å²) in [6, 6.07) is 5.18. The molecule has 4 nitrogen and oxygen atoms in total. The Morgan fingerprint density at radius 1 is 1.33 bits per heavy atom. The van der Waals surface area contributed by atoms with E-state index in [9.17, 15) is 4.79 Å². The fourth-order valence-electron chi connectivity index (χ4n) is 4.29. The third-order valence-corrected chi connectivity index (χ3v) is 6.28. The van der Waals surface area contributed by atoms with Crippen molar-refractivity contribution in [3.8, 4) is 5.75 Å². The molecule has 2 bridgehead atoms. The third-order valence-electron chi connectivity index (χ3n) is 6.28. The van der Waals surface area contributed by atoms with Crippen LogP contribution >= 0.6 is 0 Å². The predicted octanol–water partition coefficient (Wildman–Crippen LogP) is 2.96. The van der Waals surface area contributed by atoms with Crippen LogP contribution < -0.4 is 16.2 Å². The average Bonchev–Trinajstić information content (AvgIpc) is 2.74. The zero-order valence-electron chi connectivity index (χ0n) is 13.0. The SMILES string of the molecule is CC1(C)C2CCC1(C)C(Oc1ccc(N)c(C(N)=O)c1)C2. The number of anilines is 1. The van der Waals surface area contributed by atoms with Crippen LogP contribution in [0.3, 0.4) is 0 Å². The molecule has 4 N–H and O–H groups in total. The Balaban J connectivity index is 1.86. The van der Waals surface area contributed by atoms with Crippen molar-refractivity contribution >= 4 is 11.6 Å². The topological polar surface area (TPSA) is 78.3 Å². The fraction of sp³-hybridized carbons (Fsp3) is 0.588. The maximum atomic E-state index is 11.4. The lowest BCUT2D eigenvalue weighted by molar-refractivity contribution is 0.0301. The van der Waals surface area contributed by atoms with Gasteiger partial charge in [0.15, 0.2) is 0 Å². The molecule has 2 saturated carbocycles. The maximum Gasteiger partial charge on any atom is 0.250 e. The van der Waals surface area contributed by atoms with Crippen LogP contribution in [0.4, 0.5) is 5.69 Å². The first-order valence-electron chi connectivity index (χ1n) is 7.61. The first kappa shape index (κ1) is 14.2. The van der Waals surface area contributed by atoms with Crippen LogP contribution in [-0.2, 0) is 0 Å². The van der Waals surface area contributed by atoms with E-state index in [4.69, 9.17) is 16.2 Å². The largest absolute Gasteiger partial charge is 0.490 e. The summed E-state index contributed by atoms with van der Waals surface area (Å²) in [5.41, 5.74) is 12.3. The molecule has 3 unspecified atom stereocenters. The van der Waals surface area contributed by atoms with Gasteiger partial charge in [-0.3, -0.25) is 4.79 Å². The number of carbonyl (C=O) groups is 1. The summed E-state index contributed by atoms with van der Waals surface area (Å²) in [5, 5.41) is 0. The second-order valence-electron chi connectivity index (χ2n) is 7.33. The monoisotopic (exact) mass is 288 g/mol. The molecule has 0 radical (unpaired) electrons. The molecule has 3 rings (SSSR count). The quantitative estimate of drug-likeness (QED) is 0.839. The van der Waals surface area contributed by atoms with Crippen molar-refractivity contribution in [2.45, 2.75) is 46.1 Å². The lowest BCUT2D eigenvalue weighted by atomic mass is 9.70. The van der Waals surface area contributed by atoms with Gasteiger partial charge in [-0.2, -0.15) is 0 Å². The number of hydrogen-bond donors (Lipinski definition) is 2. The molecule has 0 spiro atoms. The molecule has 1 aromatic carbocycles. The van der Waals surface area contributed by atoms with Gasteiger partial charge in [0.25, 0.3) is 5.91 Å². The minimum Gasteiger partial charge on any atom is -0.490 e. The van der Waals surface area contributed by atoms with Gasteiger partial charge < -0.3 is 16.2 Å². The lowest BCUT2D eigenvalue weighted by Gasteiger charge is -2.38. The van der Waals surface area contributed by atoms with Crippen LogP contribution in [-0.4, -0.2) is 12.0 Å². The number of hydrogen-bond acceptors (Lipinski definition) is 3. The highest BCUT2D eigenvalue weighted by molar-refractivity contribution is 5.98. The molecule has 0 saturated heterocycles. The van der Waals surface area contributed by atoms with Crippen molar-refractivity contribution in [1.82, 2.24) is 0 Å². The van der Waals surface area contributed by atoms with Crippen LogP contribution in [0.25, 0.3) is 0 Å². The van der Waals surface area contributed by atoms with E-state index >= 15 is 0 Å². The van der Waals surface area contributed by atoms with Crippen molar-refractivity contribution in [2.75, 3.05) is 5.73 Å². The van der Waals surface area contributed by atoms with Gasteiger partial charge in [-0.1, -0.05) is 20.8 Å². The predicted molar refractivity (Wildman–Crippen MR) is 83.0 cm³/mol. The van der Waals surface area contributed by atoms with Gasteiger partial charge in [0.1, 0.15) is 11.9 Å². The summed E-state index contributed by atoms with van der Waals surface area (Å²) in [6.45, 7) is 7.04. The van der Waals surface area contributed by atoms with Crippen molar-refractivity contribution in [1.29, 1.82) is 0 Å². The number of benzene rings is 1. The minimum absolute atomic E-state index is 0.186. The Kier molecular flexibility index (Phi) is 2.98. The Morgan fingerprint density at radius 2 is 2.05 bits per heavy atom. The normalized spacial score (nSPS) is 33.1. The molecule has 0 heterocycles. The Bertz CT molecular complexity index is 596. The van der Waals surface area contributed by atoms with E-state index < -0.39 is 5.91 Å². The van der Waals surface area contributed by atoms with E-state index in [1.165, 1.54) is 12.8 Å². The van der Waals surface area contributed by atoms with Gasteiger partial charge in [-0.05, 0) is 48.8 Å². The second kappa shape index (κ2) is 4.39. The smallest absolute Gasteiger partial charge is 0.250 e. The number of primary amides is 1. The lowest BCUT2D eigenvalue weighted by Crippen LogP contribution is -2.38. The van der Waals surface area contributed by atoms with Crippen molar-refractivity contribution in [2.24, 2.45) is 22.5 Å². The Labute approximate surface area is 125 Å². The van der Waals surface area contributed by atoms with E-state index in [0.29, 0.717) is 22.4 Å². The van der Waals surface area contributed by atoms with Gasteiger partial charge >= 0.3 is 0 Å². The van der Waals surface area contributed by atoms with Gasteiger partial charge in [0.2, 0.25) is 0 Å². The summed E-state index contributed by atoms with van der Waals surface area (Å²) >= 11 is 0. The molecule has 114 valence electrons. The molecule has 2 aliphatic carbocycles. The number of rotatable bonds is 3. The number of fused-ring (bicyclic) bond motifs is 2. The van der Waals surface area contributed by atoms with Gasteiger partial charge in [0, 0.05) is 11.1 Å². The van der Waals surface area contributed by atoms with E-state index in [-0.39, 0.29) is 11.5 Å². The van der Waals surface area contributed by atoms with E-state index in [1.54, 1.807) is 12.1 Å². The van der Waals surface area contributed by atoms with Gasteiger partial charge in [-0.15, -0.1) is 0 Å². The summed E-state index contributed by atoms with van der Waals surface area (Å²) in [4.78, 5) is 11.4. The zero-order valence-corrected chi connectivity index (χ0v) is 13.0. The Morgan fingerprint density at radius 3 is 2.57 bits per heavy atom. The van der Waals surface area contributed by atoms with Crippen molar-refractivity contribution in [3.05, 3.63) is 23.8 Å². The highest BCUT2D eigenvalue weighted by atomic mass is 16.5. The highest BCUT2D eigenvalue weighted by Gasteiger charge is 2.62. The summed E-state index contributed by atoms with van der Waals surface area (Å²) in [6.07, 6.45) is 3.76. The number of carbonyl (C=O) groups excluding carboxylic acids is 1. The molecule has 3 atom stereocenters. The molecule has 4 heteroatoms. The third kappa shape index (κ3) is 1.92. The van der Waals surface area contributed by atoms with Crippen LogP contribution in [0.15, 0.2) is 18.2 Å². The van der Waals surface area contributed by atoms with Crippen LogP contribution in [0, 0.1) is 16.7 Å². The van der Waals surface area contributed by atoms with Crippen molar-refractivity contribution < 1.29 is 9.53 Å². The molecular weight excluding hydrogens is 264 g/mol.